The highest BCUT2D eigenvalue weighted by molar-refractivity contribution is 8.03. The van der Waals surface area contributed by atoms with Crippen LogP contribution < -0.4 is 13.8 Å². The number of para-hydroxylation sites is 1. The predicted molar refractivity (Wildman–Crippen MR) is 136 cm³/mol. The summed E-state index contributed by atoms with van der Waals surface area (Å²) in [5, 5.41) is 2.47. The Morgan fingerprint density at radius 2 is 1.94 bits per heavy atom. The third kappa shape index (κ3) is 3.78. The molecule has 2 heterocycles. The summed E-state index contributed by atoms with van der Waals surface area (Å²) in [5.74, 6) is 1.16. The molecular formula is C26H32N2O2S2+2. The van der Waals surface area contributed by atoms with Gasteiger partial charge in [0.05, 0.1) is 30.0 Å². The molecule has 0 N–H and O–H groups in total. The Labute approximate surface area is 199 Å². The lowest BCUT2D eigenvalue weighted by Crippen LogP contribution is -2.53. The lowest BCUT2D eigenvalue weighted by atomic mass is 9.85. The molecule has 1 aromatic heterocycles. The first-order valence-corrected chi connectivity index (χ1v) is 12.8. The second kappa shape index (κ2) is 8.65. The first-order chi connectivity index (χ1) is 15.3. The summed E-state index contributed by atoms with van der Waals surface area (Å²) < 4.78 is 9.78. The van der Waals surface area contributed by atoms with E-state index >= 15 is 0 Å². The van der Waals surface area contributed by atoms with Crippen molar-refractivity contribution >= 4 is 50.9 Å². The number of hydrogen-bond donors (Lipinski definition) is 0. The fraction of sp³-hybridized carbons (Fsp3) is 0.385. The number of nitrogens with zero attached hydrogens (tertiary/aromatic N) is 2. The van der Waals surface area contributed by atoms with Crippen molar-refractivity contribution in [1.82, 2.24) is 4.48 Å². The van der Waals surface area contributed by atoms with Gasteiger partial charge in [0.25, 0.3) is 5.01 Å². The molecule has 1 unspecified atom stereocenters. The fourth-order valence-electron chi connectivity index (χ4n) is 4.71. The second-order valence-electron chi connectivity index (χ2n) is 8.99. The lowest BCUT2D eigenvalue weighted by Gasteiger charge is -2.39. The van der Waals surface area contributed by atoms with Gasteiger partial charge in [-0.2, -0.15) is 4.57 Å². The molecule has 3 aromatic rings. The van der Waals surface area contributed by atoms with Gasteiger partial charge in [0, 0.05) is 18.6 Å². The van der Waals surface area contributed by atoms with E-state index in [1.165, 1.54) is 30.8 Å². The smallest absolute Gasteiger partial charge is 0.269 e. The number of ether oxygens (including phenoxy) is 1. The number of fused-ring (bicyclic) bond motifs is 2. The van der Waals surface area contributed by atoms with Crippen molar-refractivity contribution < 1.29 is 14.1 Å². The summed E-state index contributed by atoms with van der Waals surface area (Å²) in [5.41, 5.74) is 2.03. The van der Waals surface area contributed by atoms with E-state index in [0.29, 0.717) is 16.7 Å². The number of ketones is 1. The highest BCUT2D eigenvalue weighted by Crippen LogP contribution is 2.54. The van der Waals surface area contributed by atoms with Gasteiger partial charge in [0.2, 0.25) is 5.52 Å². The number of aryl methyl sites for hydroxylation is 1. The molecule has 0 amide bonds. The second-order valence-corrected chi connectivity index (χ2v) is 11.1. The number of aromatic nitrogens is 1. The first-order valence-electron chi connectivity index (χ1n) is 11.1. The van der Waals surface area contributed by atoms with E-state index in [4.69, 9.17) is 4.74 Å². The molecule has 1 aliphatic heterocycles. The average Bonchev–Trinajstić information content (AvgIpc) is 3.27. The molecule has 168 valence electrons. The monoisotopic (exact) mass is 468 g/mol. The van der Waals surface area contributed by atoms with Crippen LogP contribution in [0.25, 0.3) is 16.3 Å². The van der Waals surface area contributed by atoms with Crippen LogP contribution >= 0.6 is 23.1 Å². The van der Waals surface area contributed by atoms with Crippen LogP contribution in [-0.2, 0) is 11.8 Å². The van der Waals surface area contributed by atoms with Gasteiger partial charge in [-0.3, -0.25) is 9.28 Å². The molecule has 4 rings (SSSR count). The Bertz CT molecular complexity index is 1210. The number of methoxy groups -OCH3 is 1. The number of benzene rings is 2. The normalized spacial score (nSPS) is 19.5. The highest BCUT2D eigenvalue weighted by atomic mass is 32.2. The van der Waals surface area contributed by atoms with Crippen molar-refractivity contribution in [2.45, 2.75) is 39.0 Å². The minimum atomic E-state index is -0.433. The summed E-state index contributed by atoms with van der Waals surface area (Å²) in [4.78, 5) is 14.1. The van der Waals surface area contributed by atoms with Gasteiger partial charge in [-0.05, 0) is 50.7 Å². The number of hydrogen-bond acceptors (Lipinski definition) is 4. The van der Waals surface area contributed by atoms with Crippen LogP contribution in [0, 0.1) is 5.41 Å². The summed E-state index contributed by atoms with van der Waals surface area (Å²) in [6.45, 7) is 9.96. The van der Waals surface area contributed by atoms with Gasteiger partial charge in [0.1, 0.15) is 29.8 Å². The van der Waals surface area contributed by atoms with Crippen LogP contribution in [-0.4, -0.2) is 26.0 Å². The molecule has 4 nitrogen and oxygen atoms in total. The van der Waals surface area contributed by atoms with Gasteiger partial charge in [-0.1, -0.05) is 30.4 Å². The van der Waals surface area contributed by atoms with E-state index < -0.39 is 5.41 Å². The maximum atomic E-state index is 12.9. The van der Waals surface area contributed by atoms with Gasteiger partial charge >= 0.3 is 0 Å². The van der Waals surface area contributed by atoms with Crippen LogP contribution in [0.15, 0.2) is 52.4 Å². The summed E-state index contributed by atoms with van der Waals surface area (Å²) >= 11 is 3.63. The van der Waals surface area contributed by atoms with Gasteiger partial charge in [-0.15, -0.1) is 0 Å². The number of thioether (sulfide) groups is 1. The number of carbonyl (C=O) groups excluding carboxylic acids is 1. The Hall–Kier alpha value is -2.15. The summed E-state index contributed by atoms with van der Waals surface area (Å²) in [6, 6.07) is 14.9. The van der Waals surface area contributed by atoms with Crippen LogP contribution in [0.2, 0.25) is 0 Å². The SMILES string of the molecule is CCC(=O)C(C)(C)C[N+]1(CC)/C(=C/c2sc3ccccc3[n+]2C)Sc2ccc(OC)cc21. The van der Waals surface area contributed by atoms with Crippen molar-refractivity contribution in [1.29, 1.82) is 0 Å². The standard InChI is InChI=1S/C26H32N2O2S2/c1-7-23(29)26(3,4)17-28(8-2)20-15-18(30-6)13-14-22(20)32-25(28)16-24-27(5)19-11-9-10-12-21(19)31-24/h9-16H,7-8,17H2,1-6H3/q+2/b25-16-. The average molecular weight is 469 g/mol. The molecular weight excluding hydrogens is 436 g/mol. The minimum absolute atomic E-state index is 0.302. The third-order valence-corrected chi connectivity index (χ3v) is 8.97. The summed E-state index contributed by atoms with van der Waals surface area (Å²) in [7, 11) is 3.84. The fourth-order valence-corrected chi connectivity index (χ4v) is 7.21. The highest BCUT2D eigenvalue weighted by Gasteiger charge is 2.49. The molecule has 32 heavy (non-hydrogen) atoms. The zero-order valence-corrected chi connectivity index (χ0v) is 21.4. The molecule has 1 atom stereocenters. The molecule has 0 saturated carbocycles. The van der Waals surface area contributed by atoms with Crippen molar-refractivity contribution in [3.05, 3.63) is 52.5 Å². The predicted octanol–water partition coefficient (Wildman–Crippen LogP) is 6.17. The van der Waals surface area contributed by atoms with E-state index in [9.17, 15) is 4.79 Å². The number of Topliss-reactive ketones (excluding diaryl/α,β-unsaturated/α-hetero) is 1. The molecule has 0 radical (unpaired) electrons. The Balaban J connectivity index is 1.91. The molecule has 2 aromatic carbocycles. The van der Waals surface area contributed by atoms with Gasteiger partial charge in [0.15, 0.2) is 10.7 Å². The Morgan fingerprint density at radius 3 is 2.59 bits per heavy atom. The van der Waals surface area contributed by atoms with Crippen molar-refractivity contribution in [3.8, 4) is 5.75 Å². The van der Waals surface area contributed by atoms with E-state index in [0.717, 1.165) is 18.8 Å². The zero-order chi connectivity index (χ0) is 23.1. The van der Waals surface area contributed by atoms with Crippen molar-refractivity contribution in [2.75, 3.05) is 20.2 Å². The first kappa shape index (κ1) is 23.0. The van der Waals surface area contributed by atoms with Gasteiger partial charge in [-0.25, -0.2) is 0 Å². The number of carbonyl (C=O) groups is 1. The molecule has 0 aliphatic carbocycles. The number of rotatable bonds is 7. The largest absolute Gasteiger partial charge is 0.497 e. The molecule has 6 heteroatoms. The molecule has 0 saturated heterocycles. The molecule has 0 fully saturated rings. The van der Waals surface area contributed by atoms with Crippen LogP contribution in [0.4, 0.5) is 5.69 Å². The quantitative estimate of drug-likeness (QED) is 0.307. The zero-order valence-electron chi connectivity index (χ0n) is 19.8. The van der Waals surface area contributed by atoms with Crippen LogP contribution in [0.3, 0.4) is 0 Å². The molecule has 0 bridgehead atoms. The van der Waals surface area contributed by atoms with Crippen molar-refractivity contribution in [3.63, 3.8) is 0 Å². The summed E-state index contributed by atoms with van der Waals surface area (Å²) in [6.07, 6.45) is 2.89. The van der Waals surface area contributed by atoms with E-state index in [-0.39, 0.29) is 0 Å². The minimum Gasteiger partial charge on any atom is -0.497 e. The van der Waals surface area contributed by atoms with E-state index in [1.807, 2.05) is 36.1 Å². The van der Waals surface area contributed by atoms with E-state index in [1.54, 1.807) is 7.11 Å². The Morgan fingerprint density at radius 1 is 1.19 bits per heavy atom. The number of thiazole rings is 1. The van der Waals surface area contributed by atoms with Crippen molar-refractivity contribution in [2.24, 2.45) is 12.5 Å². The Kier molecular flexibility index (Phi) is 6.23. The maximum Gasteiger partial charge on any atom is 0.269 e. The van der Waals surface area contributed by atoms with Crippen LogP contribution in [0.1, 0.15) is 39.1 Å². The lowest BCUT2D eigenvalue weighted by molar-refractivity contribution is -0.642. The molecule has 1 aliphatic rings. The van der Waals surface area contributed by atoms with E-state index in [2.05, 4.69) is 74.9 Å². The maximum absolute atomic E-state index is 12.9. The topological polar surface area (TPSA) is 30.2 Å². The molecule has 0 spiro atoms. The third-order valence-electron chi connectivity index (χ3n) is 6.56. The van der Waals surface area contributed by atoms with Crippen LogP contribution in [0.5, 0.6) is 5.75 Å². The number of quaternary nitrogens is 1. The van der Waals surface area contributed by atoms with Gasteiger partial charge < -0.3 is 4.74 Å².